The van der Waals surface area contributed by atoms with Crippen LogP contribution >= 0.6 is 12.4 Å². The van der Waals surface area contributed by atoms with E-state index in [0.29, 0.717) is 13.8 Å². The van der Waals surface area contributed by atoms with Crippen molar-refractivity contribution in [1.82, 2.24) is 0 Å². The van der Waals surface area contributed by atoms with E-state index in [1.165, 1.54) is 22.3 Å². The van der Waals surface area contributed by atoms with Crippen molar-refractivity contribution in [2.75, 3.05) is 0 Å². The van der Waals surface area contributed by atoms with E-state index in [-0.39, 0.29) is 42.0 Å². The van der Waals surface area contributed by atoms with Crippen LogP contribution in [0.25, 0.3) is 22.3 Å². The zero-order valence-corrected chi connectivity index (χ0v) is 25.0. The normalized spacial score (nSPS) is 9.75. The molecule has 0 fully saturated rings. The number of benzene rings is 4. The summed E-state index contributed by atoms with van der Waals surface area (Å²) in [5, 5.41) is 15.0. The maximum atomic E-state index is 11.2. The zero-order chi connectivity index (χ0) is 28.6. The fraction of sp³-hybridized carbons (Fsp3) is 0.133. The van der Waals surface area contributed by atoms with E-state index in [0.717, 1.165) is 0 Å². The molecule has 10 heteroatoms. The van der Waals surface area contributed by atoms with E-state index in [1.54, 1.807) is 0 Å². The maximum absolute atomic E-state index is 11.2. The third-order valence-electron chi connectivity index (χ3n) is 4.51. The summed E-state index contributed by atoms with van der Waals surface area (Å²) in [5.41, 5.74) is 5.10. The molecule has 0 heterocycles. The van der Waals surface area contributed by atoms with Crippen LogP contribution in [-0.4, -0.2) is 34.0 Å². The molecule has 0 aliphatic heterocycles. The predicted molar refractivity (Wildman–Crippen MR) is 148 cm³/mol. The summed E-state index contributed by atoms with van der Waals surface area (Å²) in [6, 6.07) is 41.6. The monoisotopic (exact) mass is 587 g/mol. The van der Waals surface area contributed by atoms with Gasteiger partial charge in [0.1, 0.15) is 0 Å². The molecule has 0 atom stereocenters. The Hall–Kier alpha value is -3.17. The van der Waals surface area contributed by atoms with Gasteiger partial charge in [-0.05, 0) is 22.3 Å². The molecule has 0 bridgehead atoms. The van der Waals surface area contributed by atoms with Crippen LogP contribution in [0.15, 0.2) is 121 Å². The van der Waals surface area contributed by atoms with E-state index in [2.05, 4.69) is 97.1 Å². The minimum Gasteiger partial charge on any atom is -0.477 e. The first kappa shape index (κ1) is 39.0. The summed E-state index contributed by atoms with van der Waals surface area (Å²) in [4.78, 5) is 18.5. The van der Waals surface area contributed by atoms with Crippen LogP contribution in [0.5, 0.6) is 0 Å². The standard InChI is InChI=1S/2C12H10.2C3H4F2O2.ClH.Na/c2*1-3-7-11(8-4-1)12-9-5-2-6-10-12;2*1-3(4,5)2(6)7;;/h2*1-10H;2*1H3,(H,6,7);1H;/q;;;;;+1. The summed E-state index contributed by atoms with van der Waals surface area (Å²) in [5.74, 6) is -11.3. The Labute approximate surface area is 259 Å². The minimum atomic E-state index is -3.58. The summed E-state index contributed by atoms with van der Waals surface area (Å²) in [7, 11) is 0. The van der Waals surface area contributed by atoms with Gasteiger partial charge in [-0.1, -0.05) is 121 Å². The molecule has 0 amide bonds. The van der Waals surface area contributed by atoms with Gasteiger partial charge < -0.3 is 10.2 Å². The third kappa shape index (κ3) is 16.7. The molecule has 0 aliphatic rings. The molecule has 40 heavy (non-hydrogen) atoms. The van der Waals surface area contributed by atoms with Crippen molar-refractivity contribution in [3.63, 3.8) is 0 Å². The molecule has 0 spiro atoms. The van der Waals surface area contributed by atoms with Crippen LogP contribution in [0.3, 0.4) is 0 Å². The molecule has 208 valence electrons. The van der Waals surface area contributed by atoms with Crippen molar-refractivity contribution in [2.45, 2.75) is 25.7 Å². The van der Waals surface area contributed by atoms with E-state index in [9.17, 15) is 27.2 Å². The molecular formula is C30H29ClF4NaO4+. The average Bonchev–Trinajstić information content (AvgIpc) is 2.91. The maximum Gasteiger partial charge on any atom is 1.00 e. The molecule has 2 N–H and O–H groups in total. The molecule has 0 aliphatic carbocycles. The SMILES string of the molecule is CC(F)(F)C(=O)O.CC(F)(F)C(=O)O.Cl.[Na+].c1ccc(-c2ccccc2)cc1.c1ccc(-c2ccccc2)cc1. The number of alkyl halides is 4. The summed E-state index contributed by atoms with van der Waals surface area (Å²) in [6.07, 6.45) is 0. The second-order valence-electron chi connectivity index (χ2n) is 7.85. The van der Waals surface area contributed by atoms with Crippen LogP contribution in [0.4, 0.5) is 17.6 Å². The van der Waals surface area contributed by atoms with Gasteiger partial charge in [0.15, 0.2) is 0 Å². The van der Waals surface area contributed by atoms with Crippen LogP contribution < -0.4 is 29.6 Å². The quantitative estimate of drug-likeness (QED) is 0.241. The molecule has 4 aromatic rings. The number of rotatable bonds is 4. The van der Waals surface area contributed by atoms with Crippen molar-refractivity contribution >= 4 is 24.3 Å². The number of halogens is 5. The first-order valence-corrected chi connectivity index (χ1v) is 11.3. The molecule has 0 saturated heterocycles. The number of carboxylic acid groups (broad SMARTS) is 2. The molecule has 0 radical (unpaired) electrons. The van der Waals surface area contributed by atoms with Crippen LogP contribution in [0.2, 0.25) is 0 Å². The molecule has 0 saturated carbocycles. The van der Waals surface area contributed by atoms with Gasteiger partial charge in [-0.15, -0.1) is 12.4 Å². The Kier molecular flexibility index (Phi) is 19.3. The molecule has 4 nitrogen and oxygen atoms in total. The fourth-order valence-corrected chi connectivity index (χ4v) is 2.52. The first-order valence-electron chi connectivity index (χ1n) is 11.3. The zero-order valence-electron chi connectivity index (χ0n) is 22.2. The Morgan fingerprint density at radius 3 is 0.700 bits per heavy atom. The van der Waals surface area contributed by atoms with Gasteiger partial charge >= 0.3 is 53.3 Å². The topological polar surface area (TPSA) is 74.6 Å². The van der Waals surface area contributed by atoms with Gasteiger partial charge in [0.05, 0.1) is 0 Å². The van der Waals surface area contributed by atoms with Crippen LogP contribution in [-0.2, 0) is 9.59 Å². The number of carbonyl (C=O) groups is 2. The predicted octanol–water partition coefficient (Wildman–Crippen LogP) is 5.59. The first-order chi connectivity index (χ1) is 17.8. The van der Waals surface area contributed by atoms with Crippen molar-refractivity contribution in [3.05, 3.63) is 121 Å². The summed E-state index contributed by atoms with van der Waals surface area (Å²) in [6.45, 7) is 0.657. The van der Waals surface area contributed by atoms with E-state index in [4.69, 9.17) is 10.2 Å². The Bertz CT molecular complexity index is 1050. The number of hydrogen-bond acceptors (Lipinski definition) is 2. The van der Waals surface area contributed by atoms with Crippen LogP contribution in [0, 0.1) is 0 Å². The van der Waals surface area contributed by atoms with Gasteiger partial charge in [0, 0.05) is 13.8 Å². The largest absolute Gasteiger partial charge is 1.00 e. The van der Waals surface area contributed by atoms with Crippen molar-refractivity contribution in [2.24, 2.45) is 0 Å². The number of hydrogen-bond donors (Lipinski definition) is 2. The van der Waals surface area contributed by atoms with Gasteiger partial charge in [-0.25, -0.2) is 9.59 Å². The van der Waals surface area contributed by atoms with Crippen molar-refractivity contribution in [1.29, 1.82) is 0 Å². The summed E-state index contributed by atoms with van der Waals surface area (Å²) >= 11 is 0. The molecule has 4 aromatic carbocycles. The Morgan fingerprint density at radius 2 is 0.600 bits per heavy atom. The number of carboxylic acids is 2. The smallest absolute Gasteiger partial charge is 0.477 e. The Balaban J connectivity index is 0. The van der Waals surface area contributed by atoms with Crippen molar-refractivity contribution < 1.29 is 66.9 Å². The average molecular weight is 588 g/mol. The molecule has 0 unspecified atom stereocenters. The Morgan fingerprint density at radius 1 is 0.475 bits per heavy atom. The number of aliphatic carboxylic acids is 2. The minimum absolute atomic E-state index is 0. The van der Waals surface area contributed by atoms with Gasteiger partial charge in [0.25, 0.3) is 0 Å². The third-order valence-corrected chi connectivity index (χ3v) is 4.51. The van der Waals surface area contributed by atoms with Gasteiger partial charge in [-0.2, -0.15) is 17.6 Å². The van der Waals surface area contributed by atoms with Crippen molar-refractivity contribution in [3.8, 4) is 22.3 Å². The molecule has 0 aromatic heterocycles. The van der Waals surface area contributed by atoms with E-state index >= 15 is 0 Å². The van der Waals surface area contributed by atoms with Crippen LogP contribution in [0.1, 0.15) is 13.8 Å². The van der Waals surface area contributed by atoms with Gasteiger partial charge in [-0.3, -0.25) is 0 Å². The molecular weight excluding hydrogens is 559 g/mol. The molecule has 4 rings (SSSR count). The van der Waals surface area contributed by atoms with E-state index in [1.807, 2.05) is 24.3 Å². The van der Waals surface area contributed by atoms with E-state index < -0.39 is 23.8 Å². The summed E-state index contributed by atoms with van der Waals surface area (Å²) < 4.78 is 45.0. The fourth-order valence-electron chi connectivity index (χ4n) is 2.52. The second-order valence-corrected chi connectivity index (χ2v) is 7.85. The second kappa shape index (κ2) is 19.8. The van der Waals surface area contributed by atoms with Gasteiger partial charge in [0.2, 0.25) is 0 Å².